The standard InChI is InChI=1S/C24H34N6OS/c1-15(2)24-28-27-17(4)30(24)20-13-18-6-7-19(14-20)29(18)12-10-21(26-23(31)9-11-25)22-8-5-16(3)32-22/h5,8,15,18-21H,6-7,9-10,12-14H2,1-4H3,(H,26,31)/t18-,19-,21-/m0/s1. The number of nitrogens with zero attached hydrogens (tertiary/aromatic N) is 5. The number of nitriles is 1. The van der Waals surface area contributed by atoms with Crippen molar-refractivity contribution in [1.29, 1.82) is 5.26 Å². The van der Waals surface area contributed by atoms with Gasteiger partial charge in [-0.2, -0.15) is 5.26 Å². The highest BCUT2D eigenvalue weighted by atomic mass is 32.1. The lowest BCUT2D eigenvalue weighted by Crippen LogP contribution is -2.45. The maximum Gasteiger partial charge on any atom is 0.234 e. The zero-order chi connectivity index (χ0) is 22.8. The molecule has 1 amide bonds. The zero-order valence-electron chi connectivity index (χ0n) is 19.5. The Morgan fingerprint density at radius 1 is 1.22 bits per heavy atom. The van der Waals surface area contributed by atoms with Gasteiger partial charge in [-0.05, 0) is 58.1 Å². The highest BCUT2D eigenvalue weighted by Gasteiger charge is 2.42. The predicted octanol–water partition coefficient (Wildman–Crippen LogP) is 4.41. The molecular weight excluding hydrogens is 420 g/mol. The fourth-order valence-electron chi connectivity index (χ4n) is 5.57. The van der Waals surface area contributed by atoms with Gasteiger partial charge in [0.05, 0.1) is 12.1 Å². The minimum absolute atomic E-state index is 0.0284. The van der Waals surface area contributed by atoms with Crippen LogP contribution in [0.5, 0.6) is 0 Å². The molecule has 0 saturated carbocycles. The number of nitrogens with one attached hydrogen (secondary N) is 1. The van der Waals surface area contributed by atoms with Crippen LogP contribution in [-0.4, -0.2) is 44.2 Å². The molecule has 2 aromatic rings. The van der Waals surface area contributed by atoms with Crippen molar-refractivity contribution in [2.75, 3.05) is 6.54 Å². The molecule has 1 N–H and O–H groups in total. The van der Waals surface area contributed by atoms with Crippen molar-refractivity contribution in [2.24, 2.45) is 0 Å². The molecule has 4 heterocycles. The second kappa shape index (κ2) is 9.72. The number of amides is 1. The summed E-state index contributed by atoms with van der Waals surface area (Å²) in [5.74, 6) is 2.32. The topological polar surface area (TPSA) is 86.8 Å². The zero-order valence-corrected chi connectivity index (χ0v) is 20.4. The first-order valence-corrected chi connectivity index (χ1v) is 12.6. The van der Waals surface area contributed by atoms with Crippen molar-refractivity contribution >= 4 is 17.2 Å². The van der Waals surface area contributed by atoms with Crippen LogP contribution in [0.25, 0.3) is 0 Å². The number of carbonyl (C=O) groups excluding carboxylic acids is 1. The molecule has 2 fully saturated rings. The summed E-state index contributed by atoms with van der Waals surface area (Å²) in [7, 11) is 0. The van der Waals surface area contributed by atoms with E-state index < -0.39 is 0 Å². The summed E-state index contributed by atoms with van der Waals surface area (Å²) in [6.45, 7) is 9.51. The summed E-state index contributed by atoms with van der Waals surface area (Å²) in [5, 5.41) is 20.8. The van der Waals surface area contributed by atoms with E-state index in [0.29, 0.717) is 24.0 Å². The van der Waals surface area contributed by atoms with Crippen LogP contribution >= 0.6 is 11.3 Å². The first kappa shape index (κ1) is 22.9. The molecule has 2 aliphatic rings. The minimum atomic E-state index is -0.186. The van der Waals surface area contributed by atoms with E-state index in [-0.39, 0.29) is 18.4 Å². The second-order valence-corrected chi connectivity index (χ2v) is 10.9. The predicted molar refractivity (Wildman–Crippen MR) is 125 cm³/mol. The van der Waals surface area contributed by atoms with Crippen LogP contribution in [0, 0.1) is 25.2 Å². The summed E-state index contributed by atoms with van der Waals surface area (Å²) in [5.41, 5.74) is 0. The molecule has 0 spiro atoms. The third-order valence-electron chi connectivity index (χ3n) is 6.99. The van der Waals surface area contributed by atoms with Gasteiger partial charge in [-0.25, -0.2) is 0 Å². The molecule has 4 rings (SSSR count). The van der Waals surface area contributed by atoms with Gasteiger partial charge in [-0.15, -0.1) is 21.5 Å². The van der Waals surface area contributed by atoms with E-state index >= 15 is 0 Å². The Balaban J connectivity index is 1.44. The number of thiophene rings is 1. The lowest BCUT2D eigenvalue weighted by Gasteiger charge is -2.40. The number of hydrogen-bond acceptors (Lipinski definition) is 6. The number of rotatable bonds is 8. The summed E-state index contributed by atoms with van der Waals surface area (Å²) in [6.07, 6.45) is 5.54. The van der Waals surface area contributed by atoms with Crippen molar-refractivity contribution in [1.82, 2.24) is 25.0 Å². The molecule has 2 saturated heterocycles. The Bertz CT molecular complexity index is 975. The molecular formula is C24H34N6OS. The average Bonchev–Trinajstić information content (AvgIpc) is 3.41. The molecule has 2 aliphatic heterocycles. The van der Waals surface area contributed by atoms with E-state index in [1.54, 1.807) is 11.3 Å². The number of aromatic nitrogens is 3. The van der Waals surface area contributed by atoms with Crippen LogP contribution in [0.2, 0.25) is 0 Å². The number of fused-ring (bicyclic) bond motifs is 2. The van der Waals surface area contributed by atoms with Gasteiger partial charge in [0.1, 0.15) is 18.1 Å². The Morgan fingerprint density at radius 3 is 2.53 bits per heavy atom. The maximum absolute atomic E-state index is 12.2. The van der Waals surface area contributed by atoms with Crippen LogP contribution in [-0.2, 0) is 4.79 Å². The highest BCUT2D eigenvalue weighted by molar-refractivity contribution is 7.12. The number of carbonyl (C=O) groups is 1. The van der Waals surface area contributed by atoms with E-state index in [1.807, 2.05) is 6.07 Å². The van der Waals surface area contributed by atoms with Crippen LogP contribution in [0.1, 0.15) is 91.8 Å². The first-order chi connectivity index (χ1) is 15.4. The van der Waals surface area contributed by atoms with Crippen molar-refractivity contribution in [3.8, 4) is 6.07 Å². The fraction of sp³-hybridized carbons (Fsp3) is 0.667. The van der Waals surface area contributed by atoms with E-state index in [2.05, 4.69) is 64.8 Å². The molecule has 2 bridgehead atoms. The van der Waals surface area contributed by atoms with Gasteiger partial charge < -0.3 is 9.88 Å². The van der Waals surface area contributed by atoms with Crippen molar-refractivity contribution in [3.05, 3.63) is 33.5 Å². The Kier molecular flexibility index (Phi) is 6.96. The Hall–Kier alpha value is -2.24. The van der Waals surface area contributed by atoms with E-state index in [4.69, 9.17) is 5.26 Å². The summed E-state index contributed by atoms with van der Waals surface area (Å²) in [6, 6.07) is 7.76. The Labute approximate surface area is 194 Å². The van der Waals surface area contributed by atoms with Gasteiger partial charge in [0.25, 0.3) is 0 Å². The molecule has 172 valence electrons. The lowest BCUT2D eigenvalue weighted by molar-refractivity contribution is -0.120. The lowest BCUT2D eigenvalue weighted by atomic mass is 9.95. The van der Waals surface area contributed by atoms with Gasteiger partial charge in [-0.1, -0.05) is 13.8 Å². The molecule has 2 aromatic heterocycles. The van der Waals surface area contributed by atoms with Crippen LogP contribution in [0.15, 0.2) is 12.1 Å². The molecule has 32 heavy (non-hydrogen) atoms. The normalized spacial score (nSPS) is 23.9. The molecule has 0 radical (unpaired) electrons. The minimum Gasteiger partial charge on any atom is -0.348 e. The second-order valence-electron chi connectivity index (χ2n) is 9.57. The van der Waals surface area contributed by atoms with Crippen molar-refractivity contribution < 1.29 is 4.79 Å². The molecule has 0 aromatic carbocycles. The van der Waals surface area contributed by atoms with Gasteiger partial charge in [0.15, 0.2) is 0 Å². The fourth-order valence-corrected chi connectivity index (χ4v) is 6.54. The third-order valence-corrected chi connectivity index (χ3v) is 8.10. The van der Waals surface area contributed by atoms with Gasteiger partial charge in [0, 0.05) is 40.3 Å². The smallest absolute Gasteiger partial charge is 0.234 e. The van der Waals surface area contributed by atoms with E-state index in [0.717, 1.165) is 37.5 Å². The molecule has 3 atom stereocenters. The van der Waals surface area contributed by atoms with Crippen molar-refractivity contribution in [2.45, 2.75) is 96.3 Å². The summed E-state index contributed by atoms with van der Waals surface area (Å²) < 4.78 is 2.40. The van der Waals surface area contributed by atoms with Crippen LogP contribution < -0.4 is 5.32 Å². The summed E-state index contributed by atoms with van der Waals surface area (Å²) in [4.78, 5) is 17.3. The molecule has 0 aliphatic carbocycles. The number of hydrogen-bond donors (Lipinski definition) is 1. The molecule has 0 unspecified atom stereocenters. The SMILES string of the molecule is Cc1ccc([C@H](CCN2[C@H]3CC[C@H]2CC(n2c(C)nnc2C(C)C)C3)NC(=O)CC#N)s1. The van der Waals surface area contributed by atoms with Crippen molar-refractivity contribution in [3.63, 3.8) is 0 Å². The molecule has 8 heteroatoms. The number of aryl methyl sites for hydroxylation is 2. The van der Waals surface area contributed by atoms with E-state index in [9.17, 15) is 4.79 Å². The van der Waals surface area contributed by atoms with Crippen LogP contribution in [0.4, 0.5) is 0 Å². The largest absolute Gasteiger partial charge is 0.348 e. The van der Waals surface area contributed by atoms with Gasteiger partial charge in [0.2, 0.25) is 5.91 Å². The summed E-state index contributed by atoms with van der Waals surface area (Å²) >= 11 is 1.73. The molecule has 7 nitrogen and oxygen atoms in total. The average molecular weight is 455 g/mol. The van der Waals surface area contributed by atoms with Gasteiger partial charge >= 0.3 is 0 Å². The first-order valence-electron chi connectivity index (χ1n) is 11.8. The van der Waals surface area contributed by atoms with Crippen LogP contribution in [0.3, 0.4) is 0 Å². The van der Waals surface area contributed by atoms with Gasteiger partial charge in [-0.3, -0.25) is 9.69 Å². The van der Waals surface area contributed by atoms with E-state index in [1.165, 1.54) is 22.6 Å². The quantitative estimate of drug-likeness (QED) is 0.638. The highest BCUT2D eigenvalue weighted by Crippen LogP contribution is 2.42. The third kappa shape index (κ3) is 4.74. The monoisotopic (exact) mass is 454 g/mol. The number of piperidine rings is 1. The maximum atomic E-state index is 12.2. The Morgan fingerprint density at radius 2 is 1.94 bits per heavy atom.